The number of aliphatic hydroxyl groups excluding tert-OH is 1. The molecule has 0 heterocycles. The Kier molecular flexibility index (Phi) is 7.63. The summed E-state index contributed by atoms with van der Waals surface area (Å²) in [6, 6.07) is 5.05. The molecule has 0 aromatic heterocycles. The van der Waals surface area contributed by atoms with Gasteiger partial charge < -0.3 is 38.6 Å². The van der Waals surface area contributed by atoms with Crippen LogP contribution in [-0.2, 0) is 24.5 Å². The molecule has 8 nitrogen and oxygen atoms in total. The van der Waals surface area contributed by atoms with E-state index < -0.39 is 23.9 Å². The molecule has 0 amide bonds. The topological polar surface area (TPSA) is 95.8 Å². The van der Waals surface area contributed by atoms with Gasteiger partial charge in [0.1, 0.15) is 31.4 Å². The van der Waals surface area contributed by atoms with Crippen molar-refractivity contribution < 1.29 is 38.6 Å². The molecule has 1 aromatic carbocycles. The Hall–Kier alpha value is -1.42. The van der Waals surface area contributed by atoms with E-state index in [-0.39, 0.29) is 20.0 Å². The third-order valence-electron chi connectivity index (χ3n) is 4.64. The highest BCUT2D eigenvalue weighted by Crippen LogP contribution is 2.42. The molecule has 1 fully saturated rings. The lowest BCUT2D eigenvalue weighted by atomic mass is 9.74. The summed E-state index contributed by atoms with van der Waals surface area (Å²) in [6.07, 6.45) is -1.69. The van der Waals surface area contributed by atoms with Crippen LogP contribution < -0.4 is 9.47 Å². The van der Waals surface area contributed by atoms with Crippen molar-refractivity contribution in [1.82, 2.24) is 0 Å². The van der Waals surface area contributed by atoms with Crippen molar-refractivity contribution >= 4 is 0 Å². The molecular formula is C18H28O8. The molecule has 148 valence electrons. The number of hydrogen-bond acceptors (Lipinski definition) is 8. The fraction of sp³-hybridized carbons (Fsp3) is 0.667. The molecule has 1 aliphatic carbocycles. The molecule has 1 aliphatic rings. The molecule has 26 heavy (non-hydrogen) atoms. The van der Waals surface area contributed by atoms with E-state index in [1.54, 1.807) is 18.2 Å². The van der Waals surface area contributed by atoms with E-state index in [2.05, 4.69) is 0 Å². The highest BCUT2D eigenvalue weighted by atomic mass is 16.7. The van der Waals surface area contributed by atoms with Crippen LogP contribution in [-0.4, -0.2) is 70.6 Å². The zero-order valence-corrected chi connectivity index (χ0v) is 15.6. The Labute approximate surface area is 153 Å². The van der Waals surface area contributed by atoms with Gasteiger partial charge in [0, 0.05) is 14.2 Å². The molecule has 8 heteroatoms. The fourth-order valence-corrected chi connectivity index (χ4v) is 3.25. The van der Waals surface area contributed by atoms with Crippen molar-refractivity contribution in [3.05, 3.63) is 23.8 Å². The maximum atomic E-state index is 11.3. The van der Waals surface area contributed by atoms with Gasteiger partial charge in [0.05, 0.1) is 20.3 Å². The molecule has 2 N–H and O–H groups in total. The van der Waals surface area contributed by atoms with E-state index in [1.807, 2.05) is 0 Å². The van der Waals surface area contributed by atoms with Crippen LogP contribution in [0.15, 0.2) is 18.2 Å². The van der Waals surface area contributed by atoms with Crippen molar-refractivity contribution in [2.45, 2.75) is 36.8 Å². The monoisotopic (exact) mass is 372 g/mol. The SMILES string of the molecule is COCO[C@H]1[C@H](OCOC)CC[C@](O)(c2ccc(OC)c(OC)c2)[C@H]1O. The van der Waals surface area contributed by atoms with Gasteiger partial charge in [0.15, 0.2) is 11.5 Å². The van der Waals surface area contributed by atoms with Gasteiger partial charge in [-0.25, -0.2) is 0 Å². The van der Waals surface area contributed by atoms with Crippen LogP contribution in [0.4, 0.5) is 0 Å². The Balaban J connectivity index is 2.30. The zero-order valence-electron chi connectivity index (χ0n) is 15.6. The van der Waals surface area contributed by atoms with Crippen LogP contribution in [0, 0.1) is 0 Å². The summed E-state index contributed by atoms with van der Waals surface area (Å²) in [5.74, 6) is 1.01. The smallest absolute Gasteiger partial charge is 0.161 e. The van der Waals surface area contributed by atoms with E-state index in [4.69, 9.17) is 28.4 Å². The van der Waals surface area contributed by atoms with E-state index in [0.29, 0.717) is 23.5 Å². The summed E-state index contributed by atoms with van der Waals surface area (Å²) in [4.78, 5) is 0. The second kappa shape index (κ2) is 9.50. The third kappa shape index (κ3) is 4.28. The maximum absolute atomic E-state index is 11.3. The molecule has 0 saturated heterocycles. The number of methoxy groups -OCH3 is 4. The van der Waals surface area contributed by atoms with Crippen molar-refractivity contribution in [1.29, 1.82) is 0 Å². The molecular weight excluding hydrogens is 344 g/mol. The van der Waals surface area contributed by atoms with Crippen LogP contribution in [0.1, 0.15) is 18.4 Å². The summed E-state index contributed by atoms with van der Waals surface area (Å²) in [7, 11) is 6.06. The molecule has 0 bridgehead atoms. The summed E-state index contributed by atoms with van der Waals surface area (Å²) in [5, 5.41) is 22.2. The maximum Gasteiger partial charge on any atom is 0.161 e. The Morgan fingerprint density at radius 3 is 2.27 bits per heavy atom. The first kappa shape index (κ1) is 20.9. The summed E-state index contributed by atoms with van der Waals surface area (Å²) in [5.41, 5.74) is -1.01. The van der Waals surface area contributed by atoms with E-state index >= 15 is 0 Å². The Morgan fingerprint density at radius 1 is 1.00 bits per heavy atom. The first-order valence-electron chi connectivity index (χ1n) is 8.35. The molecule has 0 unspecified atom stereocenters. The largest absolute Gasteiger partial charge is 0.493 e. The van der Waals surface area contributed by atoms with Gasteiger partial charge in [-0.05, 0) is 30.5 Å². The number of aliphatic hydroxyl groups is 2. The van der Waals surface area contributed by atoms with Crippen LogP contribution in [0.2, 0.25) is 0 Å². The quantitative estimate of drug-likeness (QED) is 0.621. The lowest BCUT2D eigenvalue weighted by Crippen LogP contribution is -2.57. The van der Waals surface area contributed by atoms with Crippen LogP contribution in [0.5, 0.6) is 11.5 Å². The van der Waals surface area contributed by atoms with Crippen LogP contribution >= 0.6 is 0 Å². The van der Waals surface area contributed by atoms with E-state index in [1.165, 1.54) is 28.4 Å². The van der Waals surface area contributed by atoms with Gasteiger partial charge in [-0.15, -0.1) is 0 Å². The van der Waals surface area contributed by atoms with Gasteiger partial charge in [-0.2, -0.15) is 0 Å². The second-order valence-corrected chi connectivity index (χ2v) is 6.13. The summed E-state index contributed by atoms with van der Waals surface area (Å²) < 4.78 is 31.6. The van der Waals surface area contributed by atoms with Crippen molar-refractivity contribution in [2.24, 2.45) is 0 Å². The first-order chi connectivity index (χ1) is 12.5. The predicted octanol–water partition coefficient (Wildman–Crippen LogP) is 1.02. The minimum atomic E-state index is -1.52. The van der Waals surface area contributed by atoms with Gasteiger partial charge in [-0.1, -0.05) is 6.07 Å². The minimum Gasteiger partial charge on any atom is -0.493 e. The lowest BCUT2D eigenvalue weighted by Gasteiger charge is -2.45. The summed E-state index contributed by atoms with van der Waals surface area (Å²) >= 11 is 0. The first-order valence-corrected chi connectivity index (χ1v) is 8.35. The molecule has 0 radical (unpaired) electrons. The molecule has 0 aliphatic heterocycles. The van der Waals surface area contributed by atoms with Gasteiger partial charge in [-0.3, -0.25) is 0 Å². The number of ether oxygens (including phenoxy) is 6. The fourth-order valence-electron chi connectivity index (χ4n) is 3.25. The zero-order chi connectivity index (χ0) is 19.2. The van der Waals surface area contributed by atoms with Crippen LogP contribution in [0.3, 0.4) is 0 Å². The van der Waals surface area contributed by atoms with Crippen molar-refractivity contribution in [3.63, 3.8) is 0 Å². The van der Waals surface area contributed by atoms with Gasteiger partial charge in [0.2, 0.25) is 0 Å². The number of benzene rings is 1. The average Bonchev–Trinajstić information content (AvgIpc) is 2.67. The highest BCUT2D eigenvalue weighted by Gasteiger charge is 2.50. The second-order valence-electron chi connectivity index (χ2n) is 6.13. The molecule has 4 atom stereocenters. The standard InChI is InChI=1S/C18H28O8/c1-21-10-25-14-7-8-18(20,17(19)16(14)26-11-22-2)12-5-6-13(23-3)15(9-12)24-4/h5-6,9,14,16-17,19-20H,7-8,10-11H2,1-4H3/t14-,16+,17+,18+/m1/s1. The summed E-state index contributed by atoms with van der Waals surface area (Å²) in [6.45, 7) is 0.0373. The molecule has 2 rings (SSSR count). The van der Waals surface area contributed by atoms with Crippen molar-refractivity contribution in [2.75, 3.05) is 42.0 Å². The third-order valence-corrected chi connectivity index (χ3v) is 4.64. The minimum absolute atomic E-state index is 0.0312. The predicted molar refractivity (Wildman–Crippen MR) is 92.2 cm³/mol. The lowest BCUT2D eigenvalue weighted by molar-refractivity contribution is -0.245. The highest BCUT2D eigenvalue weighted by molar-refractivity contribution is 5.45. The Morgan fingerprint density at radius 2 is 1.65 bits per heavy atom. The van der Waals surface area contributed by atoms with Gasteiger partial charge >= 0.3 is 0 Å². The van der Waals surface area contributed by atoms with Gasteiger partial charge in [0.25, 0.3) is 0 Å². The Bertz CT molecular complexity index is 566. The molecule has 1 aromatic rings. The average molecular weight is 372 g/mol. The van der Waals surface area contributed by atoms with Crippen molar-refractivity contribution in [3.8, 4) is 11.5 Å². The van der Waals surface area contributed by atoms with Crippen LogP contribution in [0.25, 0.3) is 0 Å². The number of rotatable bonds is 9. The molecule has 1 saturated carbocycles. The van der Waals surface area contributed by atoms with E-state index in [9.17, 15) is 10.2 Å². The van der Waals surface area contributed by atoms with E-state index in [0.717, 1.165) is 0 Å². The number of hydrogen-bond donors (Lipinski definition) is 2. The molecule has 0 spiro atoms. The normalized spacial score (nSPS) is 28.8.